The average Bonchev–Trinajstić information content (AvgIpc) is 3.67. The molecule has 0 saturated heterocycles. The highest BCUT2D eigenvalue weighted by atomic mass is 32.2. The van der Waals surface area contributed by atoms with Gasteiger partial charge in [0.15, 0.2) is 0 Å². The van der Waals surface area contributed by atoms with Crippen molar-refractivity contribution in [1.82, 2.24) is 5.32 Å². The number of unbranched alkanes of at least 4 members (excludes halogenated alkanes) is 1. The van der Waals surface area contributed by atoms with Gasteiger partial charge in [-0.3, -0.25) is 23.4 Å². The van der Waals surface area contributed by atoms with Crippen LogP contribution in [0.15, 0.2) is 31.5 Å². The minimum absolute atomic E-state index is 0.172. The molecule has 1 aromatic rings. The van der Waals surface area contributed by atoms with Gasteiger partial charge in [-0.2, -0.15) is 0 Å². The van der Waals surface area contributed by atoms with Crippen LogP contribution in [-0.4, -0.2) is 59.0 Å². The number of hydrogen-bond acceptors (Lipinski definition) is 12. The van der Waals surface area contributed by atoms with E-state index in [4.69, 9.17) is 32.6 Å². The molecule has 14 heteroatoms. The van der Waals surface area contributed by atoms with Gasteiger partial charge in [-0.1, -0.05) is 18.5 Å². The highest BCUT2D eigenvalue weighted by Gasteiger charge is 2.40. The first-order valence-electron chi connectivity index (χ1n) is 16.0. The van der Waals surface area contributed by atoms with E-state index in [9.17, 15) is 14.2 Å². The third kappa shape index (κ3) is 13.1. The van der Waals surface area contributed by atoms with Crippen LogP contribution in [-0.2, 0) is 27.8 Å². The third-order valence-electron chi connectivity index (χ3n) is 6.66. The van der Waals surface area contributed by atoms with Gasteiger partial charge in [0.2, 0.25) is 5.91 Å². The molecule has 2 aliphatic rings. The average molecular weight is 686 g/mol. The quantitative estimate of drug-likeness (QED) is 0.0727. The number of phosphoric ester groups is 1. The molecule has 46 heavy (non-hydrogen) atoms. The molecule has 3 rings (SSSR count). The number of hydrogen-bond donors (Lipinski definition) is 1. The van der Waals surface area contributed by atoms with Crippen LogP contribution < -0.4 is 15.7 Å². The Bertz CT molecular complexity index is 1330. The van der Waals surface area contributed by atoms with Crippen molar-refractivity contribution in [2.75, 3.05) is 25.6 Å². The van der Waals surface area contributed by atoms with Crippen LogP contribution in [0.2, 0.25) is 0 Å². The van der Waals surface area contributed by atoms with Gasteiger partial charge in [-0.15, -0.1) is 11.8 Å². The molecule has 2 heterocycles. The molecule has 260 valence electrons. The first-order valence-corrected chi connectivity index (χ1v) is 18.5. The number of thioether (sulfide) groups is 1. The Morgan fingerprint density at radius 1 is 1.15 bits per heavy atom. The number of phosphoric acid groups is 1. The van der Waals surface area contributed by atoms with Crippen LogP contribution in [0.4, 0.5) is 0 Å². The lowest BCUT2D eigenvalue weighted by atomic mass is 10.0. The van der Waals surface area contributed by atoms with Gasteiger partial charge in [0.1, 0.15) is 34.4 Å². The normalized spacial score (nSPS) is 19.9. The van der Waals surface area contributed by atoms with Crippen LogP contribution in [0.25, 0.3) is 0 Å². The van der Waals surface area contributed by atoms with Gasteiger partial charge in [0, 0.05) is 11.8 Å². The first kappa shape index (κ1) is 38.3. The zero-order valence-corrected chi connectivity index (χ0v) is 30.5. The number of rotatable bonds is 18. The number of nitrogens with one attached hydrogen (secondary N) is 1. The summed E-state index contributed by atoms with van der Waals surface area (Å²) in [6.45, 7) is 17.4. The van der Waals surface area contributed by atoms with E-state index in [1.165, 1.54) is 17.8 Å². The molecule has 1 fully saturated rings. The molecular formula is C32H52N3O9PS. The van der Waals surface area contributed by atoms with Crippen molar-refractivity contribution in [2.45, 2.75) is 124 Å². The highest BCUT2D eigenvalue weighted by molar-refractivity contribution is 8.16. The third-order valence-corrected chi connectivity index (χ3v) is 10.1. The molecule has 1 aliphatic heterocycles. The van der Waals surface area contributed by atoms with Gasteiger partial charge in [-0.25, -0.2) is 9.36 Å². The number of amides is 1. The van der Waals surface area contributed by atoms with Gasteiger partial charge >= 0.3 is 13.4 Å². The monoisotopic (exact) mass is 685 g/mol. The van der Waals surface area contributed by atoms with E-state index in [0.29, 0.717) is 66.4 Å². The molecule has 0 bridgehead atoms. The Morgan fingerprint density at radius 2 is 1.80 bits per heavy atom. The Balaban J connectivity index is 1.51. The SMILES string of the molecule is CCC[C@@H](NC(=O)C1(C)CSC(/C(C)=N/OCCCCOP(=O)(OC(C)(C)C)OC(C)(C)C)=N1)c1cc(OCC2CC2)cc(=O)o1. The predicted octanol–water partition coefficient (Wildman–Crippen LogP) is 7.22. The zero-order chi connectivity index (χ0) is 34.2. The second-order valence-corrected chi connectivity index (χ2v) is 16.4. The number of carbonyl (C=O) groups is 1. The minimum atomic E-state index is -3.75. The van der Waals surface area contributed by atoms with Gasteiger partial charge in [-0.05, 0) is 93.4 Å². The molecule has 1 unspecified atom stereocenters. The summed E-state index contributed by atoms with van der Waals surface area (Å²) in [5.41, 5.74) is -2.36. The number of oxime groups is 1. The van der Waals surface area contributed by atoms with Gasteiger partial charge in [0.25, 0.3) is 0 Å². The molecule has 0 radical (unpaired) electrons. The lowest BCUT2D eigenvalue weighted by Gasteiger charge is -2.30. The zero-order valence-electron chi connectivity index (χ0n) is 28.8. The van der Waals surface area contributed by atoms with E-state index in [0.717, 1.165) is 19.3 Å². The van der Waals surface area contributed by atoms with Crippen LogP contribution >= 0.6 is 19.6 Å². The molecule has 1 aromatic heterocycles. The van der Waals surface area contributed by atoms with Gasteiger partial charge in [0.05, 0.1) is 36.5 Å². The number of aliphatic imine (C=N–C) groups is 1. The lowest BCUT2D eigenvalue weighted by molar-refractivity contribution is -0.125. The van der Waals surface area contributed by atoms with Crippen molar-refractivity contribution in [3.63, 3.8) is 0 Å². The molecule has 1 N–H and O–H groups in total. The summed E-state index contributed by atoms with van der Waals surface area (Å²) in [7, 11) is -3.75. The summed E-state index contributed by atoms with van der Waals surface area (Å²) < 4.78 is 41.2. The van der Waals surface area contributed by atoms with Crippen LogP contribution in [0.1, 0.15) is 113 Å². The summed E-state index contributed by atoms with van der Waals surface area (Å²) in [5.74, 6) is 1.53. The second kappa shape index (κ2) is 16.3. The molecule has 0 aromatic carbocycles. The molecule has 0 spiro atoms. The molecule has 2 atom stereocenters. The van der Waals surface area contributed by atoms with E-state index < -0.39 is 36.2 Å². The molecule has 1 aliphatic carbocycles. The van der Waals surface area contributed by atoms with E-state index in [-0.39, 0.29) is 12.5 Å². The lowest BCUT2D eigenvalue weighted by Crippen LogP contribution is -2.45. The van der Waals surface area contributed by atoms with E-state index in [2.05, 4.69) is 10.5 Å². The number of nitrogens with zero attached hydrogens (tertiary/aromatic N) is 2. The highest BCUT2D eigenvalue weighted by Crippen LogP contribution is 2.55. The summed E-state index contributed by atoms with van der Waals surface area (Å²) in [6.07, 6.45) is 4.80. The summed E-state index contributed by atoms with van der Waals surface area (Å²) in [4.78, 5) is 35.9. The van der Waals surface area contributed by atoms with Crippen molar-refractivity contribution in [3.05, 3.63) is 28.3 Å². The second-order valence-electron chi connectivity index (χ2n) is 14.0. The van der Waals surface area contributed by atoms with Crippen LogP contribution in [0.5, 0.6) is 5.75 Å². The molecule has 1 saturated carbocycles. The maximum Gasteiger partial charge on any atom is 0.475 e. The topological polar surface area (TPSA) is 147 Å². The van der Waals surface area contributed by atoms with Crippen molar-refractivity contribution in [1.29, 1.82) is 0 Å². The van der Waals surface area contributed by atoms with Crippen molar-refractivity contribution < 1.29 is 36.9 Å². The van der Waals surface area contributed by atoms with Crippen LogP contribution in [0, 0.1) is 5.92 Å². The minimum Gasteiger partial charge on any atom is -0.493 e. The first-order chi connectivity index (χ1) is 21.4. The smallest absolute Gasteiger partial charge is 0.475 e. The maximum atomic E-state index is 13.5. The van der Waals surface area contributed by atoms with E-state index >= 15 is 0 Å². The maximum absolute atomic E-state index is 13.5. The fourth-order valence-electron chi connectivity index (χ4n) is 4.28. The Kier molecular flexibility index (Phi) is 13.5. The fourth-order valence-corrected chi connectivity index (χ4v) is 7.25. The standard InChI is InChI=1S/C32H52N3O9PS/c1-10-13-25(26-18-24(19-27(36)42-26)39-20-23-14-15-23)33-29(37)32(9)21-46-28(34-32)22(2)35-40-16-11-12-17-41-45(38,43-30(3,4)5)44-31(6,7)8/h18-19,23,25H,10-17,20-21H2,1-9H3,(H,33,37)/b35-22+/t25-,32?/m1/s1. The fraction of sp³-hybridized carbons (Fsp3) is 0.750. The summed E-state index contributed by atoms with van der Waals surface area (Å²) in [5, 5.41) is 7.86. The summed E-state index contributed by atoms with van der Waals surface area (Å²) >= 11 is 1.43. The van der Waals surface area contributed by atoms with Crippen molar-refractivity contribution in [2.24, 2.45) is 16.1 Å². The predicted molar refractivity (Wildman–Crippen MR) is 181 cm³/mol. The largest absolute Gasteiger partial charge is 0.493 e. The molecular weight excluding hydrogens is 633 g/mol. The van der Waals surface area contributed by atoms with Crippen molar-refractivity contribution >= 4 is 36.2 Å². The number of carbonyl (C=O) groups excluding carboxylic acids is 1. The van der Waals surface area contributed by atoms with E-state index in [1.807, 2.05) is 6.92 Å². The Labute approximate surface area is 277 Å². The Hall–Kier alpha value is -2.18. The van der Waals surface area contributed by atoms with Gasteiger partial charge < -0.3 is 19.3 Å². The Morgan fingerprint density at radius 3 is 2.41 bits per heavy atom. The molecule has 1 amide bonds. The summed E-state index contributed by atoms with van der Waals surface area (Å²) in [6, 6.07) is 2.54. The van der Waals surface area contributed by atoms with Crippen molar-refractivity contribution in [3.8, 4) is 5.75 Å². The molecule has 12 nitrogen and oxygen atoms in total. The number of ether oxygens (including phenoxy) is 1. The van der Waals surface area contributed by atoms with Crippen LogP contribution in [0.3, 0.4) is 0 Å². The van der Waals surface area contributed by atoms with E-state index in [1.54, 1.807) is 61.5 Å².